The molecule has 9 heteroatoms. The molecule has 3 N–H and O–H groups in total. The Balaban J connectivity index is 1.70. The van der Waals surface area contributed by atoms with Crippen molar-refractivity contribution in [1.29, 1.82) is 0 Å². The Morgan fingerprint density at radius 1 is 0.909 bits per heavy atom. The second kappa shape index (κ2) is 9.82. The molecule has 0 fully saturated rings. The summed E-state index contributed by atoms with van der Waals surface area (Å²) >= 11 is 0. The standard InChI is InChI=1S/C24H23N3O6/c1-14-12-20(15(2)27(14)19-10-6-16(7-11-19)22(29)32-3)21(28)13-33-23(30)17-4-8-18(9-5-17)26-24(25)31/h4-12H,13H2,1-3H3,(H3,25,26,31). The second-order valence-electron chi connectivity index (χ2n) is 7.22. The fourth-order valence-corrected chi connectivity index (χ4v) is 3.43. The van der Waals surface area contributed by atoms with Crippen LogP contribution in [0.3, 0.4) is 0 Å². The van der Waals surface area contributed by atoms with Gasteiger partial charge in [-0.15, -0.1) is 0 Å². The maximum Gasteiger partial charge on any atom is 0.338 e. The number of Topliss-reactive ketones (excluding diaryl/α,β-unsaturated/α-hetero) is 1. The number of carbonyl (C=O) groups excluding carboxylic acids is 4. The zero-order valence-corrected chi connectivity index (χ0v) is 18.4. The monoisotopic (exact) mass is 449 g/mol. The molecule has 2 aromatic carbocycles. The number of primary amides is 1. The van der Waals surface area contributed by atoms with Crippen LogP contribution in [0.4, 0.5) is 10.5 Å². The largest absolute Gasteiger partial charge is 0.465 e. The van der Waals surface area contributed by atoms with E-state index in [1.807, 2.05) is 11.5 Å². The van der Waals surface area contributed by atoms with Gasteiger partial charge in [0.1, 0.15) is 0 Å². The van der Waals surface area contributed by atoms with Crippen LogP contribution in [0.25, 0.3) is 5.69 Å². The molecule has 33 heavy (non-hydrogen) atoms. The first-order valence-electron chi connectivity index (χ1n) is 9.95. The third-order valence-corrected chi connectivity index (χ3v) is 5.00. The van der Waals surface area contributed by atoms with E-state index in [1.165, 1.54) is 31.4 Å². The molecule has 3 aromatic rings. The van der Waals surface area contributed by atoms with Gasteiger partial charge < -0.3 is 25.1 Å². The lowest BCUT2D eigenvalue weighted by Gasteiger charge is -2.11. The second-order valence-corrected chi connectivity index (χ2v) is 7.22. The highest BCUT2D eigenvalue weighted by Gasteiger charge is 2.19. The molecule has 2 amide bonds. The molecular weight excluding hydrogens is 426 g/mol. The fraction of sp³-hybridized carbons (Fsp3) is 0.167. The molecule has 0 saturated carbocycles. The molecule has 0 aliphatic rings. The van der Waals surface area contributed by atoms with E-state index in [0.717, 1.165) is 11.4 Å². The number of aromatic nitrogens is 1. The van der Waals surface area contributed by atoms with E-state index in [-0.39, 0.29) is 11.3 Å². The predicted molar refractivity (Wildman–Crippen MR) is 121 cm³/mol. The summed E-state index contributed by atoms with van der Waals surface area (Å²) in [5.74, 6) is -1.44. The van der Waals surface area contributed by atoms with Gasteiger partial charge in [0.15, 0.2) is 6.61 Å². The summed E-state index contributed by atoms with van der Waals surface area (Å²) in [6, 6.07) is 13.8. The molecular formula is C24H23N3O6. The van der Waals surface area contributed by atoms with Gasteiger partial charge in [0.2, 0.25) is 5.78 Å². The number of ketones is 1. The average Bonchev–Trinajstić information content (AvgIpc) is 3.10. The summed E-state index contributed by atoms with van der Waals surface area (Å²) in [4.78, 5) is 47.5. The van der Waals surface area contributed by atoms with Crippen molar-refractivity contribution in [2.75, 3.05) is 19.0 Å². The number of benzene rings is 2. The Hall–Kier alpha value is -4.40. The molecule has 1 heterocycles. The van der Waals surface area contributed by atoms with E-state index in [1.54, 1.807) is 37.3 Å². The lowest BCUT2D eigenvalue weighted by Crippen LogP contribution is -2.19. The molecule has 0 aliphatic carbocycles. The minimum Gasteiger partial charge on any atom is -0.465 e. The van der Waals surface area contributed by atoms with Crippen LogP contribution in [0.5, 0.6) is 0 Å². The van der Waals surface area contributed by atoms with Gasteiger partial charge in [-0.2, -0.15) is 0 Å². The Kier molecular flexibility index (Phi) is 6.92. The van der Waals surface area contributed by atoms with Crippen molar-refractivity contribution in [3.8, 4) is 5.69 Å². The lowest BCUT2D eigenvalue weighted by molar-refractivity contribution is 0.0474. The van der Waals surface area contributed by atoms with Crippen molar-refractivity contribution in [3.05, 3.63) is 82.7 Å². The highest BCUT2D eigenvalue weighted by atomic mass is 16.5. The minimum atomic E-state index is -0.715. The third-order valence-electron chi connectivity index (χ3n) is 5.00. The van der Waals surface area contributed by atoms with E-state index < -0.39 is 24.6 Å². The maximum absolute atomic E-state index is 12.7. The quantitative estimate of drug-likeness (QED) is 0.420. The normalized spacial score (nSPS) is 10.4. The number of nitrogens with two attached hydrogens (primary N) is 1. The summed E-state index contributed by atoms with van der Waals surface area (Å²) in [6.07, 6.45) is 0. The van der Waals surface area contributed by atoms with Crippen LogP contribution in [-0.4, -0.2) is 42.0 Å². The Morgan fingerprint density at radius 2 is 1.48 bits per heavy atom. The number of hydrogen-bond acceptors (Lipinski definition) is 6. The highest BCUT2D eigenvalue weighted by molar-refractivity contribution is 6.00. The van der Waals surface area contributed by atoms with Gasteiger partial charge in [-0.05, 0) is 68.4 Å². The van der Waals surface area contributed by atoms with E-state index in [2.05, 4.69) is 5.32 Å². The van der Waals surface area contributed by atoms with Crippen molar-refractivity contribution >= 4 is 29.4 Å². The molecule has 0 saturated heterocycles. The van der Waals surface area contributed by atoms with E-state index >= 15 is 0 Å². The molecule has 9 nitrogen and oxygen atoms in total. The molecule has 0 atom stereocenters. The van der Waals surface area contributed by atoms with Crippen LogP contribution in [0.15, 0.2) is 54.6 Å². The van der Waals surface area contributed by atoms with E-state index in [0.29, 0.717) is 22.5 Å². The van der Waals surface area contributed by atoms with E-state index in [9.17, 15) is 19.2 Å². The third kappa shape index (κ3) is 5.27. The summed E-state index contributed by atoms with van der Waals surface area (Å²) in [5.41, 5.74) is 8.83. The number of rotatable bonds is 7. The van der Waals surface area contributed by atoms with Gasteiger partial charge in [-0.3, -0.25) is 4.79 Å². The smallest absolute Gasteiger partial charge is 0.338 e. The van der Waals surface area contributed by atoms with E-state index in [4.69, 9.17) is 15.2 Å². The SMILES string of the molecule is COC(=O)c1ccc(-n2c(C)cc(C(=O)COC(=O)c3ccc(NC(N)=O)cc3)c2C)cc1. The van der Waals surface area contributed by atoms with Gasteiger partial charge in [0, 0.05) is 28.3 Å². The van der Waals surface area contributed by atoms with Crippen molar-refractivity contribution in [3.63, 3.8) is 0 Å². The summed E-state index contributed by atoms with van der Waals surface area (Å²) in [6.45, 7) is 3.22. The summed E-state index contributed by atoms with van der Waals surface area (Å²) < 4.78 is 11.8. The topological polar surface area (TPSA) is 130 Å². The van der Waals surface area contributed by atoms with Gasteiger partial charge in [0.05, 0.1) is 18.2 Å². The minimum absolute atomic E-state index is 0.231. The zero-order valence-electron chi connectivity index (χ0n) is 18.4. The number of aryl methyl sites for hydroxylation is 1. The maximum atomic E-state index is 12.7. The van der Waals surface area contributed by atoms with Crippen LogP contribution in [-0.2, 0) is 9.47 Å². The Labute approximate surface area is 190 Å². The number of methoxy groups -OCH3 is 1. The van der Waals surface area contributed by atoms with Crippen LogP contribution in [0.1, 0.15) is 42.5 Å². The first kappa shape index (κ1) is 23.3. The fourth-order valence-electron chi connectivity index (χ4n) is 3.43. The molecule has 0 unspecified atom stereocenters. The highest BCUT2D eigenvalue weighted by Crippen LogP contribution is 2.22. The van der Waals surface area contributed by atoms with Crippen molar-refractivity contribution in [2.24, 2.45) is 5.73 Å². The summed E-state index contributed by atoms with van der Waals surface area (Å²) in [5, 5.41) is 2.39. The number of anilines is 1. The lowest BCUT2D eigenvalue weighted by atomic mass is 10.1. The number of nitrogens with one attached hydrogen (secondary N) is 1. The Morgan fingerprint density at radius 3 is 2.06 bits per heavy atom. The predicted octanol–water partition coefficient (Wildman–Crippen LogP) is 3.41. The number of amides is 2. The van der Waals surface area contributed by atoms with Crippen molar-refractivity contribution in [1.82, 2.24) is 4.57 Å². The van der Waals surface area contributed by atoms with Crippen molar-refractivity contribution in [2.45, 2.75) is 13.8 Å². The van der Waals surface area contributed by atoms with Crippen LogP contribution >= 0.6 is 0 Å². The molecule has 0 spiro atoms. The number of nitrogens with zero attached hydrogens (tertiary/aromatic N) is 1. The number of esters is 2. The number of ether oxygens (including phenoxy) is 2. The first-order valence-corrected chi connectivity index (χ1v) is 9.95. The van der Waals surface area contributed by atoms with Crippen LogP contribution < -0.4 is 11.1 Å². The van der Waals surface area contributed by atoms with Gasteiger partial charge in [0.25, 0.3) is 0 Å². The van der Waals surface area contributed by atoms with Crippen molar-refractivity contribution < 1.29 is 28.7 Å². The van der Waals surface area contributed by atoms with Gasteiger partial charge >= 0.3 is 18.0 Å². The average molecular weight is 449 g/mol. The van der Waals surface area contributed by atoms with Gasteiger partial charge in [-0.25, -0.2) is 14.4 Å². The van der Waals surface area contributed by atoms with Gasteiger partial charge in [-0.1, -0.05) is 0 Å². The van der Waals surface area contributed by atoms with Crippen LogP contribution in [0.2, 0.25) is 0 Å². The molecule has 170 valence electrons. The molecule has 0 aliphatic heterocycles. The Bertz CT molecular complexity index is 1210. The molecule has 1 aromatic heterocycles. The number of urea groups is 1. The summed E-state index contributed by atoms with van der Waals surface area (Å²) in [7, 11) is 1.32. The molecule has 0 bridgehead atoms. The number of hydrogen-bond donors (Lipinski definition) is 2. The first-order chi connectivity index (χ1) is 15.7. The molecule has 3 rings (SSSR count). The molecule has 0 radical (unpaired) electrons. The zero-order chi connectivity index (χ0) is 24.1. The van der Waals surface area contributed by atoms with Crippen LogP contribution in [0, 0.1) is 13.8 Å². The number of carbonyl (C=O) groups is 4.